The van der Waals surface area contributed by atoms with Crippen molar-refractivity contribution in [3.05, 3.63) is 12.4 Å². The standard InChI is InChI=1S/C16H31N3/c1-5-7-9-10-16(3,4)14-18-15-17-11-13-19(15)12-8-6-2/h11,13H,5-10,12,14H2,1-4H3,(H,17,18). The largest absolute Gasteiger partial charge is 0.355 e. The minimum absolute atomic E-state index is 0.344. The van der Waals surface area contributed by atoms with Crippen LogP contribution in [0.2, 0.25) is 0 Å². The summed E-state index contributed by atoms with van der Waals surface area (Å²) < 4.78 is 2.23. The maximum Gasteiger partial charge on any atom is 0.202 e. The van der Waals surface area contributed by atoms with Gasteiger partial charge in [0.1, 0.15) is 0 Å². The molecule has 1 heterocycles. The van der Waals surface area contributed by atoms with Crippen molar-refractivity contribution in [3.8, 4) is 0 Å². The Balaban J connectivity index is 2.40. The molecule has 0 amide bonds. The number of nitrogens with one attached hydrogen (secondary N) is 1. The molecule has 0 aliphatic heterocycles. The molecule has 1 N–H and O–H groups in total. The second kappa shape index (κ2) is 8.23. The lowest BCUT2D eigenvalue weighted by Gasteiger charge is -2.25. The topological polar surface area (TPSA) is 29.9 Å². The molecule has 0 fully saturated rings. The number of nitrogens with zero attached hydrogens (tertiary/aromatic N) is 2. The molecule has 3 heteroatoms. The van der Waals surface area contributed by atoms with Gasteiger partial charge in [-0.05, 0) is 18.3 Å². The van der Waals surface area contributed by atoms with E-state index in [2.05, 4.69) is 48.8 Å². The molecule has 0 radical (unpaired) electrons. The van der Waals surface area contributed by atoms with Crippen molar-refractivity contribution in [2.24, 2.45) is 5.41 Å². The number of imidazole rings is 1. The number of aryl methyl sites for hydroxylation is 1. The second-order valence-electron chi connectivity index (χ2n) is 6.27. The zero-order valence-corrected chi connectivity index (χ0v) is 13.2. The molecule has 0 aliphatic rings. The summed E-state index contributed by atoms with van der Waals surface area (Å²) in [6.45, 7) is 11.2. The third kappa shape index (κ3) is 6.13. The Morgan fingerprint density at radius 3 is 2.58 bits per heavy atom. The molecule has 0 atom stereocenters. The molecule has 1 aromatic rings. The Hall–Kier alpha value is -0.990. The predicted octanol–water partition coefficient (Wildman–Crippen LogP) is 4.70. The van der Waals surface area contributed by atoms with Gasteiger partial charge in [-0.2, -0.15) is 0 Å². The number of hydrogen-bond acceptors (Lipinski definition) is 2. The van der Waals surface area contributed by atoms with Crippen LogP contribution in [0.1, 0.15) is 66.2 Å². The van der Waals surface area contributed by atoms with Crippen LogP contribution in [0, 0.1) is 5.41 Å². The van der Waals surface area contributed by atoms with Gasteiger partial charge in [0.25, 0.3) is 0 Å². The summed E-state index contributed by atoms with van der Waals surface area (Å²) in [5, 5.41) is 3.52. The average molecular weight is 265 g/mol. The first-order valence-electron chi connectivity index (χ1n) is 7.84. The van der Waals surface area contributed by atoms with E-state index in [1.54, 1.807) is 0 Å². The molecule has 0 unspecified atom stereocenters. The van der Waals surface area contributed by atoms with E-state index in [9.17, 15) is 0 Å². The first kappa shape index (κ1) is 16.1. The van der Waals surface area contributed by atoms with E-state index in [-0.39, 0.29) is 0 Å². The zero-order valence-electron chi connectivity index (χ0n) is 13.2. The highest BCUT2D eigenvalue weighted by Crippen LogP contribution is 2.24. The van der Waals surface area contributed by atoms with Gasteiger partial charge in [-0.1, -0.05) is 53.4 Å². The van der Waals surface area contributed by atoms with Crippen LogP contribution in [0.3, 0.4) is 0 Å². The Morgan fingerprint density at radius 1 is 1.16 bits per heavy atom. The fourth-order valence-corrected chi connectivity index (χ4v) is 2.25. The van der Waals surface area contributed by atoms with E-state index >= 15 is 0 Å². The van der Waals surface area contributed by atoms with Crippen LogP contribution in [-0.2, 0) is 6.54 Å². The fourth-order valence-electron chi connectivity index (χ4n) is 2.25. The van der Waals surface area contributed by atoms with Gasteiger partial charge in [-0.3, -0.25) is 0 Å². The van der Waals surface area contributed by atoms with Crippen LogP contribution in [0.4, 0.5) is 5.95 Å². The summed E-state index contributed by atoms with van der Waals surface area (Å²) in [6, 6.07) is 0. The highest BCUT2D eigenvalue weighted by molar-refractivity contribution is 5.26. The lowest BCUT2D eigenvalue weighted by Crippen LogP contribution is -2.24. The molecule has 0 saturated carbocycles. The number of anilines is 1. The summed E-state index contributed by atoms with van der Waals surface area (Å²) >= 11 is 0. The molecular weight excluding hydrogens is 234 g/mol. The molecular formula is C16H31N3. The molecule has 0 aliphatic carbocycles. The van der Waals surface area contributed by atoms with Crippen molar-refractivity contribution < 1.29 is 0 Å². The van der Waals surface area contributed by atoms with Gasteiger partial charge in [-0.25, -0.2) is 4.98 Å². The first-order valence-corrected chi connectivity index (χ1v) is 7.84. The summed E-state index contributed by atoms with van der Waals surface area (Å²) in [7, 11) is 0. The molecule has 0 saturated heterocycles. The van der Waals surface area contributed by atoms with Gasteiger partial charge in [0.05, 0.1) is 0 Å². The minimum Gasteiger partial charge on any atom is -0.355 e. The Morgan fingerprint density at radius 2 is 1.89 bits per heavy atom. The lowest BCUT2D eigenvalue weighted by molar-refractivity contribution is 0.341. The van der Waals surface area contributed by atoms with E-state index < -0.39 is 0 Å². The van der Waals surface area contributed by atoms with Crippen molar-refractivity contribution in [3.63, 3.8) is 0 Å². The van der Waals surface area contributed by atoms with Gasteiger partial charge < -0.3 is 9.88 Å². The van der Waals surface area contributed by atoms with Gasteiger partial charge in [0, 0.05) is 25.5 Å². The summed E-state index contributed by atoms with van der Waals surface area (Å²) in [5.41, 5.74) is 0.344. The fraction of sp³-hybridized carbons (Fsp3) is 0.812. The Labute approximate surface area is 118 Å². The quantitative estimate of drug-likeness (QED) is 0.621. The maximum absolute atomic E-state index is 4.42. The van der Waals surface area contributed by atoms with E-state index in [4.69, 9.17) is 0 Å². The molecule has 19 heavy (non-hydrogen) atoms. The van der Waals surface area contributed by atoms with Crippen LogP contribution in [-0.4, -0.2) is 16.1 Å². The van der Waals surface area contributed by atoms with Crippen molar-refractivity contribution in [2.75, 3.05) is 11.9 Å². The molecule has 0 spiro atoms. The van der Waals surface area contributed by atoms with Gasteiger partial charge >= 0.3 is 0 Å². The second-order valence-corrected chi connectivity index (χ2v) is 6.27. The van der Waals surface area contributed by atoms with E-state index in [0.717, 1.165) is 19.0 Å². The third-order valence-corrected chi connectivity index (χ3v) is 3.65. The maximum atomic E-state index is 4.42. The highest BCUT2D eigenvalue weighted by Gasteiger charge is 2.17. The van der Waals surface area contributed by atoms with Crippen molar-refractivity contribution in [1.82, 2.24) is 9.55 Å². The van der Waals surface area contributed by atoms with Crippen LogP contribution in [0.25, 0.3) is 0 Å². The van der Waals surface area contributed by atoms with Crippen molar-refractivity contribution in [1.29, 1.82) is 0 Å². The van der Waals surface area contributed by atoms with E-state index in [1.807, 2.05) is 6.20 Å². The van der Waals surface area contributed by atoms with Crippen LogP contribution in [0.5, 0.6) is 0 Å². The summed E-state index contributed by atoms with van der Waals surface area (Å²) in [4.78, 5) is 4.42. The normalized spacial score (nSPS) is 11.8. The summed E-state index contributed by atoms with van der Waals surface area (Å²) in [5.74, 6) is 1.03. The smallest absolute Gasteiger partial charge is 0.202 e. The van der Waals surface area contributed by atoms with Crippen LogP contribution >= 0.6 is 0 Å². The highest BCUT2D eigenvalue weighted by atomic mass is 15.2. The van der Waals surface area contributed by atoms with E-state index in [1.165, 1.54) is 38.5 Å². The summed E-state index contributed by atoms with van der Waals surface area (Å²) in [6.07, 6.45) is 11.6. The molecule has 110 valence electrons. The third-order valence-electron chi connectivity index (χ3n) is 3.65. The minimum atomic E-state index is 0.344. The SMILES string of the molecule is CCCCCC(C)(C)CNc1nccn1CCCC. The van der Waals surface area contributed by atoms with Crippen molar-refractivity contribution >= 4 is 5.95 Å². The number of hydrogen-bond donors (Lipinski definition) is 1. The number of aromatic nitrogens is 2. The predicted molar refractivity (Wildman–Crippen MR) is 83.5 cm³/mol. The number of rotatable bonds is 10. The Bertz CT molecular complexity index is 342. The van der Waals surface area contributed by atoms with Gasteiger partial charge in [0.2, 0.25) is 5.95 Å². The Kier molecular flexibility index (Phi) is 6.96. The molecule has 0 aromatic carbocycles. The lowest BCUT2D eigenvalue weighted by atomic mass is 9.87. The first-order chi connectivity index (χ1) is 9.09. The number of unbranched alkanes of at least 4 members (excludes halogenated alkanes) is 3. The average Bonchev–Trinajstić information content (AvgIpc) is 2.82. The molecule has 3 nitrogen and oxygen atoms in total. The van der Waals surface area contributed by atoms with E-state index in [0.29, 0.717) is 5.41 Å². The van der Waals surface area contributed by atoms with Gasteiger partial charge in [0.15, 0.2) is 0 Å². The van der Waals surface area contributed by atoms with Crippen molar-refractivity contribution in [2.45, 2.75) is 72.8 Å². The van der Waals surface area contributed by atoms with Gasteiger partial charge in [-0.15, -0.1) is 0 Å². The monoisotopic (exact) mass is 265 g/mol. The molecule has 0 bridgehead atoms. The van der Waals surface area contributed by atoms with Crippen LogP contribution < -0.4 is 5.32 Å². The molecule has 1 rings (SSSR count). The molecule has 1 aromatic heterocycles. The zero-order chi connectivity index (χ0) is 14.1. The van der Waals surface area contributed by atoms with Crippen LogP contribution in [0.15, 0.2) is 12.4 Å².